The first kappa shape index (κ1) is 18.7. The molecule has 5 nitrogen and oxygen atoms in total. The van der Waals surface area contributed by atoms with Gasteiger partial charge < -0.3 is 10.0 Å². The molecular weight excluding hydrogens is 397 g/mol. The largest absolute Gasteiger partial charge is 0.478 e. The molecule has 3 aromatic rings. The molecule has 0 amide bonds. The first-order valence-electron chi connectivity index (χ1n) is 8.87. The van der Waals surface area contributed by atoms with Crippen LogP contribution in [0.5, 0.6) is 0 Å². The average molecular weight is 414 g/mol. The summed E-state index contributed by atoms with van der Waals surface area (Å²) in [4.78, 5) is 22.6. The number of fused-ring (bicyclic) bond motifs is 1. The van der Waals surface area contributed by atoms with Gasteiger partial charge in [-0.05, 0) is 35.2 Å². The molecule has 142 valence electrons. The molecule has 0 radical (unpaired) electrons. The van der Waals surface area contributed by atoms with Gasteiger partial charge in [0.2, 0.25) is 5.95 Å². The molecule has 7 heteroatoms. The quantitative estimate of drug-likeness (QED) is 0.674. The Morgan fingerprint density at radius 2 is 1.79 bits per heavy atom. The Labute approximate surface area is 172 Å². The van der Waals surface area contributed by atoms with E-state index in [1.165, 1.54) is 17.3 Å². The molecule has 1 aliphatic rings. The van der Waals surface area contributed by atoms with Crippen molar-refractivity contribution in [2.75, 3.05) is 11.4 Å². The number of anilines is 1. The predicted octanol–water partition coefficient (Wildman–Crippen LogP) is 4.64. The van der Waals surface area contributed by atoms with Crippen LogP contribution in [0, 0.1) is 0 Å². The average Bonchev–Trinajstić information content (AvgIpc) is 2.70. The van der Waals surface area contributed by atoms with Crippen LogP contribution in [-0.2, 0) is 19.4 Å². The minimum absolute atomic E-state index is 0.0529. The van der Waals surface area contributed by atoms with Crippen LogP contribution in [0.3, 0.4) is 0 Å². The SMILES string of the molecule is O=C(O)c1cnc(N2CCc3ccccc3C2)nc1Cc1c(Cl)cccc1Cl. The Hall–Kier alpha value is -2.63. The molecule has 2 heterocycles. The maximum Gasteiger partial charge on any atom is 0.339 e. The van der Waals surface area contributed by atoms with Crippen molar-refractivity contribution in [1.82, 2.24) is 9.97 Å². The maximum absolute atomic E-state index is 11.7. The molecule has 4 rings (SSSR count). The number of carboxylic acid groups (broad SMARTS) is 1. The van der Waals surface area contributed by atoms with Crippen LogP contribution in [0.4, 0.5) is 5.95 Å². The molecular formula is C21H17Cl2N3O2. The Kier molecular flexibility index (Phi) is 5.20. The Morgan fingerprint density at radius 1 is 1.07 bits per heavy atom. The first-order valence-corrected chi connectivity index (χ1v) is 9.62. The molecule has 0 aliphatic carbocycles. The minimum atomic E-state index is -1.08. The second-order valence-electron chi connectivity index (χ2n) is 6.65. The maximum atomic E-state index is 11.7. The number of rotatable bonds is 4. The van der Waals surface area contributed by atoms with Gasteiger partial charge in [0.15, 0.2) is 0 Å². The van der Waals surface area contributed by atoms with Gasteiger partial charge in [-0.15, -0.1) is 0 Å². The van der Waals surface area contributed by atoms with E-state index in [4.69, 9.17) is 23.2 Å². The van der Waals surface area contributed by atoms with Gasteiger partial charge in [0.1, 0.15) is 0 Å². The summed E-state index contributed by atoms with van der Waals surface area (Å²) in [7, 11) is 0. The van der Waals surface area contributed by atoms with Crippen LogP contribution in [0.1, 0.15) is 32.7 Å². The van der Waals surface area contributed by atoms with Crippen LogP contribution < -0.4 is 4.90 Å². The number of aromatic nitrogens is 2. The molecule has 0 spiro atoms. The third kappa shape index (κ3) is 3.68. The van der Waals surface area contributed by atoms with Gasteiger partial charge in [0, 0.05) is 35.8 Å². The first-order chi connectivity index (χ1) is 13.5. The summed E-state index contributed by atoms with van der Waals surface area (Å²) < 4.78 is 0. The molecule has 0 saturated carbocycles. The molecule has 0 saturated heterocycles. The van der Waals surface area contributed by atoms with Gasteiger partial charge in [-0.25, -0.2) is 14.8 Å². The molecule has 1 N–H and O–H groups in total. The highest BCUT2D eigenvalue weighted by atomic mass is 35.5. The van der Waals surface area contributed by atoms with Crippen molar-refractivity contribution in [2.45, 2.75) is 19.4 Å². The minimum Gasteiger partial charge on any atom is -0.478 e. The molecule has 0 atom stereocenters. The van der Waals surface area contributed by atoms with Crippen LogP contribution >= 0.6 is 23.2 Å². The number of carboxylic acids is 1. The van der Waals surface area contributed by atoms with Crippen molar-refractivity contribution in [2.24, 2.45) is 0 Å². The number of nitrogens with zero attached hydrogens (tertiary/aromatic N) is 3. The zero-order chi connectivity index (χ0) is 19.7. The predicted molar refractivity (Wildman–Crippen MR) is 109 cm³/mol. The van der Waals surface area contributed by atoms with Gasteiger partial charge >= 0.3 is 5.97 Å². The molecule has 28 heavy (non-hydrogen) atoms. The second-order valence-corrected chi connectivity index (χ2v) is 7.47. The lowest BCUT2D eigenvalue weighted by molar-refractivity contribution is 0.0695. The van der Waals surface area contributed by atoms with Crippen molar-refractivity contribution < 1.29 is 9.90 Å². The lowest BCUT2D eigenvalue weighted by atomic mass is 10.0. The Morgan fingerprint density at radius 3 is 2.50 bits per heavy atom. The van der Waals surface area contributed by atoms with E-state index in [2.05, 4.69) is 27.0 Å². The van der Waals surface area contributed by atoms with E-state index >= 15 is 0 Å². The number of halogens is 2. The third-order valence-electron chi connectivity index (χ3n) is 4.90. The summed E-state index contributed by atoms with van der Waals surface area (Å²) in [6.45, 7) is 1.46. The molecule has 0 fully saturated rings. The number of hydrogen-bond acceptors (Lipinski definition) is 4. The fraction of sp³-hybridized carbons (Fsp3) is 0.190. The van der Waals surface area contributed by atoms with Crippen molar-refractivity contribution in [3.8, 4) is 0 Å². The van der Waals surface area contributed by atoms with E-state index in [-0.39, 0.29) is 12.0 Å². The van der Waals surface area contributed by atoms with Gasteiger partial charge in [-0.3, -0.25) is 0 Å². The van der Waals surface area contributed by atoms with E-state index in [0.29, 0.717) is 33.8 Å². The van der Waals surface area contributed by atoms with Crippen molar-refractivity contribution in [3.63, 3.8) is 0 Å². The van der Waals surface area contributed by atoms with Crippen LogP contribution in [0.25, 0.3) is 0 Å². The molecule has 2 aromatic carbocycles. The number of hydrogen-bond donors (Lipinski definition) is 1. The zero-order valence-corrected chi connectivity index (χ0v) is 16.4. The molecule has 1 aromatic heterocycles. The highest BCUT2D eigenvalue weighted by Gasteiger charge is 2.22. The zero-order valence-electron chi connectivity index (χ0n) is 14.9. The standard InChI is InChI=1S/C21H17Cl2N3O2/c22-17-6-3-7-18(23)15(17)10-19-16(20(27)28)11-24-21(25-19)26-9-8-13-4-1-2-5-14(13)12-26/h1-7,11H,8-10,12H2,(H,27,28). The second kappa shape index (κ2) is 7.78. The highest BCUT2D eigenvalue weighted by Crippen LogP contribution is 2.28. The summed E-state index contributed by atoms with van der Waals surface area (Å²) in [5.41, 5.74) is 3.66. The van der Waals surface area contributed by atoms with Gasteiger partial charge in [0.25, 0.3) is 0 Å². The lowest BCUT2D eigenvalue weighted by Gasteiger charge is -2.29. The van der Waals surface area contributed by atoms with Crippen LogP contribution in [0.2, 0.25) is 10.0 Å². The van der Waals surface area contributed by atoms with Gasteiger partial charge in [-0.2, -0.15) is 0 Å². The summed E-state index contributed by atoms with van der Waals surface area (Å²) in [6, 6.07) is 13.5. The number of aromatic carboxylic acids is 1. The summed E-state index contributed by atoms with van der Waals surface area (Å²) in [6.07, 6.45) is 2.48. The van der Waals surface area contributed by atoms with E-state index in [0.717, 1.165) is 13.0 Å². The fourth-order valence-electron chi connectivity index (χ4n) is 3.41. The number of benzene rings is 2. The highest BCUT2D eigenvalue weighted by molar-refractivity contribution is 6.36. The smallest absolute Gasteiger partial charge is 0.339 e. The lowest BCUT2D eigenvalue weighted by Crippen LogP contribution is -2.32. The van der Waals surface area contributed by atoms with Crippen molar-refractivity contribution in [3.05, 3.63) is 86.7 Å². The Balaban J connectivity index is 1.70. The summed E-state index contributed by atoms with van der Waals surface area (Å²) in [5.74, 6) is -0.564. The molecule has 1 aliphatic heterocycles. The van der Waals surface area contributed by atoms with E-state index in [9.17, 15) is 9.90 Å². The van der Waals surface area contributed by atoms with Crippen LogP contribution in [0.15, 0.2) is 48.7 Å². The fourth-order valence-corrected chi connectivity index (χ4v) is 3.94. The van der Waals surface area contributed by atoms with Crippen molar-refractivity contribution in [1.29, 1.82) is 0 Å². The number of carbonyl (C=O) groups is 1. The third-order valence-corrected chi connectivity index (χ3v) is 5.61. The van der Waals surface area contributed by atoms with E-state index in [1.807, 2.05) is 12.1 Å². The topological polar surface area (TPSA) is 66.3 Å². The van der Waals surface area contributed by atoms with E-state index < -0.39 is 5.97 Å². The summed E-state index contributed by atoms with van der Waals surface area (Å²) in [5, 5.41) is 10.5. The molecule has 0 bridgehead atoms. The van der Waals surface area contributed by atoms with E-state index in [1.54, 1.807) is 18.2 Å². The van der Waals surface area contributed by atoms with Gasteiger partial charge in [0.05, 0.1) is 11.3 Å². The van der Waals surface area contributed by atoms with Crippen molar-refractivity contribution >= 4 is 35.1 Å². The van der Waals surface area contributed by atoms with Gasteiger partial charge in [-0.1, -0.05) is 53.5 Å². The molecule has 0 unspecified atom stereocenters. The Bertz CT molecular complexity index is 1040. The summed E-state index contributed by atoms with van der Waals surface area (Å²) >= 11 is 12.5. The van der Waals surface area contributed by atoms with Crippen LogP contribution in [-0.4, -0.2) is 27.6 Å². The normalized spacial score (nSPS) is 13.3. The monoisotopic (exact) mass is 413 g/mol.